The second-order valence-electron chi connectivity index (χ2n) is 8.27. The number of carbonyl (C=O) groups excluding carboxylic acids is 2. The molecule has 2 amide bonds. The molecule has 0 bridgehead atoms. The van der Waals surface area contributed by atoms with Crippen molar-refractivity contribution in [2.24, 2.45) is 11.8 Å². The zero-order chi connectivity index (χ0) is 19.7. The summed E-state index contributed by atoms with van der Waals surface area (Å²) in [6.07, 6.45) is 4.26. The van der Waals surface area contributed by atoms with Crippen molar-refractivity contribution in [3.05, 3.63) is 35.4 Å². The highest BCUT2D eigenvalue weighted by Crippen LogP contribution is 2.50. The highest BCUT2D eigenvalue weighted by atomic mass is 19.1. The molecule has 4 atom stereocenters. The number of amides is 2. The van der Waals surface area contributed by atoms with Gasteiger partial charge in [-0.05, 0) is 56.7 Å². The maximum atomic E-state index is 14.0. The first kappa shape index (κ1) is 19.3. The first-order valence-electron chi connectivity index (χ1n) is 10.3. The maximum absolute atomic E-state index is 14.0. The summed E-state index contributed by atoms with van der Waals surface area (Å²) in [6.45, 7) is 2.72. The van der Waals surface area contributed by atoms with Gasteiger partial charge in [0.25, 0.3) is 0 Å². The molecule has 152 valence electrons. The summed E-state index contributed by atoms with van der Waals surface area (Å²) in [4.78, 5) is 26.8. The molecule has 4 rings (SSSR count). The van der Waals surface area contributed by atoms with Gasteiger partial charge in [-0.3, -0.25) is 9.59 Å². The van der Waals surface area contributed by atoms with Crippen molar-refractivity contribution in [3.8, 4) is 0 Å². The second kappa shape index (κ2) is 8.15. The summed E-state index contributed by atoms with van der Waals surface area (Å²) < 4.78 is 28.0. The van der Waals surface area contributed by atoms with E-state index in [4.69, 9.17) is 0 Å². The van der Waals surface area contributed by atoms with Crippen LogP contribution >= 0.6 is 0 Å². The van der Waals surface area contributed by atoms with E-state index in [2.05, 4.69) is 10.6 Å². The van der Waals surface area contributed by atoms with Crippen LogP contribution in [-0.2, 0) is 9.59 Å². The van der Waals surface area contributed by atoms with Gasteiger partial charge in [0.05, 0.1) is 6.04 Å². The van der Waals surface area contributed by atoms with E-state index < -0.39 is 11.6 Å². The molecule has 1 aromatic carbocycles. The number of hydrogen-bond donors (Lipinski definition) is 2. The molecule has 2 aliphatic heterocycles. The lowest BCUT2D eigenvalue weighted by Gasteiger charge is -2.33. The molecule has 2 N–H and O–H groups in total. The molecule has 0 radical (unpaired) electrons. The molecule has 2 saturated heterocycles. The Balaban J connectivity index is 1.30. The van der Waals surface area contributed by atoms with Gasteiger partial charge in [0, 0.05) is 37.0 Å². The Morgan fingerprint density at radius 3 is 2.68 bits per heavy atom. The summed E-state index contributed by atoms with van der Waals surface area (Å²) in [5.74, 6) is -1.57. The van der Waals surface area contributed by atoms with Gasteiger partial charge < -0.3 is 15.5 Å². The number of halogens is 2. The predicted molar refractivity (Wildman–Crippen MR) is 101 cm³/mol. The zero-order valence-corrected chi connectivity index (χ0v) is 15.9. The molecule has 1 aliphatic carbocycles. The van der Waals surface area contributed by atoms with Crippen LogP contribution < -0.4 is 10.6 Å². The monoisotopic (exact) mass is 391 g/mol. The van der Waals surface area contributed by atoms with E-state index in [1.807, 2.05) is 4.90 Å². The third-order valence-corrected chi connectivity index (χ3v) is 6.25. The van der Waals surface area contributed by atoms with Crippen LogP contribution in [-0.4, -0.2) is 48.9 Å². The molecule has 3 aliphatic rings. The molecule has 1 saturated carbocycles. The van der Waals surface area contributed by atoms with Gasteiger partial charge in [-0.2, -0.15) is 0 Å². The zero-order valence-electron chi connectivity index (χ0n) is 15.9. The summed E-state index contributed by atoms with van der Waals surface area (Å²) in [7, 11) is 0. The third-order valence-electron chi connectivity index (χ3n) is 6.25. The van der Waals surface area contributed by atoms with E-state index in [0.29, 0.717) is 26.1 Å². The Labute approximate surface area is 163 Å². The van der Waals surface area contributed by atoms with Gasteiger partial charge in [0.15, 0.2) is 0 Å². The quantitative estimate of drug-likeness (QED) is 0.809. The Morgan fingerprint density at radius 2 is 1.96 bits per heavy atom. The summed E-state index contributed by atoms with van der Waals surface area (Å²) >= 11 is 0. The largest absolute Gasteiger partial charge is 0.354 e. The molecular formula is C21H27F2N3O2. The first-order valence-corrected chi connectivity index (χ1v) is 10.3. The standard InChI is InChI=1S/C21H27F2N3O2/c22-16-5-1-6-17(23)19(16)14-10-15(14)21(28)26-9-3-4-13(12-26)11-25-20(27)18-7-2-8-24-18/h1,5-6,13-15,18,24H,2-4,7-12H2,(H,25,27). The van der Waals surface area contributed by atoms with Crippen LogP contribution in [0.3, 0.4) is 0 Å². The van der Waals surface area contributed by atoms with Crippen LogP contribution in [0.25, 0.3) is 0 Å². The van der Waals surface area contributed by atoms with E-state index >= 15 is 0 Å². The van der Waals surface area contributed by atoms with E-state index in [-0.39, 0.29) is 41.2 Å². The Hall–Kier alpha value is -2.02. The minimum absolute atomic E-state index is 0.0128. The number of rotatable bonds is 5. The fraction of sp³-hybridized carbons (Fsp3) is 0.619. The van der Waals surface area contributed by atoms with Crippen molar-refractivity contribution in [3.63, 3.8) is 0 Å². The summed E-state index contributed by atoms with van der Waals surface area (Å²) in [5, 5.41) is 6.20. The van der Waals surface area contributed by atoms with E-state index in [9.17, 15) is 18.4 Å². The minimum atomic E-state index is -0.569. The molecule has 7 heteroatoms. The number of piperidine rings is 1. The van der Waals surface area contributed by atoms with Crippen LogP contribution in [0.15, 0.2) is 18.2 Å². The van der Waals surface area contributed by atoms with E-state index in [1.54, 1.807) is 0 Å². The SMILES string of the molecule is O=C(NCC1CCCN(C(=O)C2CC2c2c(F)cccc2F)C1)C1CCCN1. The smallest absolute Gasteiger partial charge is 0.237 e. The molecular weight excluding hydrogens is 364 g/mol. The first-order chi connectivity index (χ1) is 13.5. The van der Waals surface area contributed by atoms with Gasteiger partial charge in [-0.25, -0.2) is 8.78 Å². The van der Waals surface area contributed by atoms with Crippen LogP contribution in [0.4, 0.5) is 8.78 Å². The normalized spacial score (nSPS) is 29.6. The lowest BCUT2D eigenvalue weighted by molar-refractivity contribution is -0.134. The number of hydrogen-bond acceptors (Lipinski definition) is 3. The summed E-state index contributed by atoms with van der Waals surface area (Å²) in [5.41, 5.74) is 0.0470. The predicted octanol–water partition coefficient (Wildman–Crippen LogP) is 2.18. The molecule has 3 fully saturated rings. The molecule has 0 aromatic heterocycles. The van der Waals surface area contributed by atoms with Gasteiger partial charge in [-0.15, -0.1) is 0 Å². The number of benzene rings is 1. The van der Waals surface area contributed by atoms with Crippen LogP contribution in [0, 0.1) is 23.5 Å². The molecule has 5 nitrogen and oxygen atoms in total. The van der Waals surface area contributed by atoms with Gasteiger partial charge in [0.2, 0.25) is 11.8 Å². The fourth-order valence-corrected chi connectivity index (χ4v) is 4.59. The van der Waals surface area contributed by atoms with Crippen molar-refractivity contribution >= 4 is 11.8 Å². The average Bonchev–Trinajstić information content (AvgIpc) is 3.26. The van der Waals surface area contributed by atoms with Gasteiger partial charge >= 0.3 is 0 Å². The van der Waals surface area contributed by atoms with Crippen LogP contribution in [0.1, 0.15) is 43.6 Å². The number of likely N-dealkylation sites (tertiary alicyclic amines) is 1. The van der Waals surface area contributed by atoms with Crippen LogP contribution in [0.5, 0.6) is 0 Å². The second-order valence-corrected chi connectivity index (χ2v) is 8.27. The summed E-state index contributed by atoms with van der Waals surface area (Å²) in [6, 6.07) is 3.75. The lowest BCUT2D eigenvalue weighted by Crippen LogP contribution is -2.47. The van der Waals surface area contributed by atoms with Crippen LogP contribution in [0.2, 0.25) is 0 Å². The van der Waals surface area contributed by atoms with Crippen molar-refractivity contribution < 1.29 is 18.4 Å². The molecule has 4 unspecified atom stereocenters. The average molecular weight is 391 g/mol. The highest BCUT2D eigenvalue weighted by molar-refractivity contribution is 5.83. The third kappa shape index (κ3) is 4.04. The molecule has 28 heavy (non-hydrogen) atoms. The van der Waals surface area contributed by atoms with E-state index in [1.165, 1.54) is 18.2 Å². The molecule has 1 aromatic rings. The number of nitrogens with zero attached hydrogens (tertiary/aromatic N) is 1. The van der Waals surface area contributed by atoms with Gasteiger partial charge in [-0.1, -0.05) is 6.07 Å². The van der Waals surface area contributed by atoms with Crippen molar-refractivity contribution in [2.75, 3.05) is 26.2 Å². The van der Waals surface area contributed by atoms with Crippen molar-refractivity contribution in [2.45, 2.75) is 44.1 Å². The molecule has 0 spiro atoms. The van der Waals surface area contributed by atoms with Gasteiger partial charge in [0.1, 0.15) is 11.6 Å². The number of nitrogens with one attached hydrogen (secondary N) is 2. The van der Waals surface area contributed by atoms with Crippen molar-refractivity contribution in [1.82, 2.24) is 15.5 Å². The highest BCUT2D eigenvalue weighted by Gasteiger charge is 2.48. The Kier molecular flexibility index (Phi) is 5.62. The topological polar surface area (TPSA) is 61.4 Å². The van der Waals surface area contributed by atoms with Crippen molar-refractivity contribution in [1.29, 1.82) is 0 Å². The van der Waals surface area contributed by atoms with E-state index in [0.717, 1.165) is 32.2 Å². The molecule has 2 heterocycles. The fourth-order valence-electron chi connectivity index (χ4n) is 4.59. The maximum Gasteiger partial charge on any atom is 0.237 e. The number of carbonyl (C=O) groups is 2. The lowest BCUT2D eigenvalue weighted by atomic mass is 9.97. The Bertz CT molecular complexity index is 731. The minimum Gasteiger partial charge on any atom is -0.354 e. The Morgan fingerprint density at radius 1 is 1.18 bits per heavy atom.